The molecular weight excluding hydrogens is 282 g/mol. The average molecular weight is 302 g/mol. The van der Waals surface area contributed by atoms with Crippen molar-refractivity contribution in [3.05, 3.63) is 33.3 Å². The van der Waals surface area contributed by atoms with Gasteiger partial charge in [0.2, 0.25) is 0 Å². The first-order chi connectivity index (χ1) is 9.58. The van der Waals surface area contributed by atoms with Crippen LogP contribution in [0, 0.1) is 10.1 Å². The standard InChI is InChI=1S/C13H20ClN3O3/c1-3-16(8-9-20-2)7-6-15-11-4-5-12(14)13(10-11)17(18)19/h4-5,10,15H,3,6-9H2,1-2H3. The van der Waals surface area contributed by atoms with Crippen LogP contribution in [0.4, 0.5) is 11.4 Å². The lowest BCUT2D eigenvalue weighted by Crippen LogP contribution is -2.31. The van der Waals surface area contributed by atoms with Crippen molar-refractivity contribution < 1.29 is 9.66 Å². The summed E-state index contributed by atoms with van der Waals surface area (Å²) in [4.78, 5) is 12.5. The lowest BCUT2D eigenvalue weighted by atomic mass is 10.3. The number of nitro groups is 1. The minimum Gasteiger partial charge on any atom is -0.384 e. The number of likely N-dealkylation sites (N-methyl/N-ethyl adjacent to an activating group) is 1. The van der Waals surface area contributed by atoms with Crippen LogP contribution in [0.25, 0.3) is 0 Å². The highest BCUT2D eigenvalue weighted by molar-refractivity contribution is 6.32. The van der Waals surface area contributed by atoms with E-state index < -0.39 is 4.92 Å². The molecule has 0 fully saturated rings. The van der Waals surface area contributed by atoms with Crippen LogP contribution in [0.15, 0.2) is 18.2 Å². The van der Waals surface area contributed by atoms with E-state index in [0.29, 0.717) is 18.8 Å². The second-order valence-electron chi connectivity index (χ2n) is 4.28. The van der Waals surface area contributed by atoms with Crippen molar-refractivity contribution in [2.24, 2.45) is 0 Å². The van der Waals surface area contributed by atoms with Gasteiger partial charge in [-0.1, -0.05) is 18.5 Å². The summed E-state index contributed by atoms with van der Waals surface area (Å²) in [6.45, 7) is 6.14. The molecular formula is C13H20ClN3O3. The van der Waals surface area contributed by atoms with Gasteiger partial charge in [-0.3, -0.25) is 15.0 Å². The van der Waals surface area contributed by atoms with E-state index >= 15 is 0 Å². The Morgan fingerprint density at radius 3 is 2.80 bits per heavy atom. The second kappa shape index (κ2) is 8.73. The van der Waals surface area contributed by atoms with Gasteiger partial charge < -0.3 is 10.1 Å². The van der Waals surface area contributed by atoms with E-state index in [9.17, 15) is 10.1 Å². The molecule has 0 saturated carbocycles. The highest BCUT2D eigenvalue weighted by Gasteiger charge is 2.12. The molecule has 0 amide bonds. The van der Waals surface area contributed by atoms with Crippen LogP contribution in [0.2, 0.25) is 5.02 Å². The molecule has 7 heteroatoms. The first-order valence-electron chi connectivity index (χ1n) is 6.47. The number of halogens is 1. The van der Waals surface area contributed by atoms with Crippen molar-refractivity contribution in [2.75, 3.05) is 45.2 Å². The Morgan fingerprint density at radius 2 is 2.20 bits per heavy atom. The number of nitrogens with one attached hydrogen (secondary N) is 1. The van der Waals surface area contributed by atoms with Gasteiger partial charge in [0.25, 0.3) is 5.69 Å². The van der Waals surface area contributed by atoms with Gasteiger partial charge in [0.1, 0.15) is 5.02 Å². The molecule has 1 N–H and O–H groups in total. The maximum atomic E-state index is 10.8. The number of rotatable bonds is 9. The van der Waals surface area contributed by atoms with E-state index in [-0.39, 0.29) is 10.7 Å². The van der Waals surface area contributed by atoms with E-state index in [1.807, 2.05) is 0 Å². The summed E-state index contributed by atoms with van der Waals surface area (Å²) in [7, 11) is 1.68. The third-order valence-corrected chi connectivity index (χ3v) is 3.28. The second-order valence-corrected chi connectivity index (χ2v) is 4.68. The first-order valence-corrected chi connectivity index (χ1v) is 6.85. The van der Waals surface area contributed by atoms with Crippen molar-refractivity contribution in [1.29, 1.82) is 0 Å². The van der Waals surface area contributed by atoms with E-state index in [4.69, 9.17) is 16.3 Å². The Balaban J connectivity index is 2.49. The zero-order chi connectivity index (χ0) is 15.0. The monoisotopic (exact) mass is 301 g/mol. The Morgan fingerprint density at radius 1 is 1.45 bits per heavy atom. The maximum Gasteiger partial charge on any atom is 0.289 e. The normalized spacial score (nSPS) is 10.8. The van der Waals surface area contributed by atoms with Crippen molar-refractivity contribution in [1.82, 2.24) is 4.90 Å². The van der Waals surface area contributed by atoms with Gasteiger partial charge in [0.15, 0.2) is 0 Å². The van der Waals surface area contributed by atoms with Crippen LogP contribution in [0.1, 0.15) is 6.92 Å². The number of nitrogens with zero attached hydrogens (tertiary/aromatic N) is 2. The van der Waals surface area contributed by atoms with Gasteiger partial charge in [-0.15, -0.1) is 0 Å². The topological polar surface area (TPSA) is 67.6 Å². The van der Waals surface area contributed by atoms with Crippen LogP contribution in [-0.4, -0.2) is 49.7 Å². The molecule has 1 rings (SSSR count). The lowest BCUT2D eigenvalue weighted by molar-refractivity contribution is -0.384. The van der Waals surface area contributed by atoms with Gasteiger partial charge in [-0.25, -0.2) is 0 Å². The number of hydrogen-bond acceptors (Lipinski definition) is 5. The van der Waals surface area contributed by atoms with Crippen molar-refractivity contribution in [3.63, 3.8) is 0 Å². The van der Waals surface area contributed by atoms with Gasteiger partial charge in [0, 0.05) is 38.5 Å². The molecule has 0 spiro atoms. The van der Waals surface area contributed by atoms with E-state index in [1.54, 1.807) is 13.2 Å². The number of anilines is 1. The van der Waals surface area contributed by atoms with E-state index in [0.717, 1.165) is 19.6 Å². The molecule has 0 bridgehead atoms. The summed E-state index contributed by atoms with van der Waals surface area (Å²) in [5, 5.41) is 14.1. The summed E-state index contributed by atoms with van der Waals surface area (Å²) in [5.41, 5.74) is 0.618. The summed E-state index contributed by atoms with van der Waals surface area (Å²) in [6.07, 6.45) is 0. The Hall–Kier alpha value is -1.37. The first kappa shape index (κ1) is 16.7. The Kier molecular flexibility index (Phi) is 7.28. The fourth-order valence-corrected chi connectivity index (χ4v) is 1.96. The average Bonchev–Trinajstić information content (AvgIpc) is 2.44. The smallest absolute Gasteiger partial charge is 0.289 e. The molecule has 0 unspecified atom stereocenters. The molecule has 1 aromatic rings. The molecule has 112 valence electrons. The molecule has 6 nitrogen and oxygen atoms in total. The molecule has 0 saturated heterocycles. The fourth-order valence-electron chi connectivity index (χ4n) is 1.77. The fraction of sp³-hybridized carbons (Fsp3) is 0.538. The van der Waals surface area contributed by atoms with Crippen LogP contribution in [-0.2, 0) is 4.74 Å². The molecule has 0 aliphatic rings. The number of benzene rings is 1. The predicted octanol–water partition coefficient (Wildman–Crippen LogP) is 2.63. The quantitative estimate of drug-likeness (QED) is 0.561. The van der Waals surface area contributed by atoms with E-state index in [1.165, 1.54) is 12.1 Å². The molecule has 0 aliphatic heterocycles. The highest BCUT2D eigenvalue weighted by Crippen LogP contribution is 2.27. The zero-order valence-electron chi connectivity index (χ0n) is 11.8. The van der Waals surface area contributed by atoms with Crippen LogP contribution in [0.3, 0.4) is 0 Å². The third kappa shape index (κ3) is 5.32. The van der Waals surface area contributed by atoms with Crippen LogP contribution >= 0.6 is 11.6 Å². The van der Waals surface area contributed by atoms with Gasteiger partial charge >= 0.3 is 0 Å². The Labute approximate surface area is 123 Å². The molecule has 0 aromatic heterocycles. The summed E-state index contributed by atoms with van der Waals surface area (Å²) >= 11 is 5.76. The largest absolute Gasteiger partial charge is 0.384 e. The summed E-state index contributed by atoms with van der Waals surface area (Å²) in [6, 6.07) is 4.72. The number of hydrogen-bond donors (Lipinski definition) is 1. The van der Waals surface area contributed by atoms with Crippen molar-refractivity contribution in [2.45, 2.75) is 6.92 Å². The van der Waals surface area contributed by atoms with Gasteiger partial charge in [0.05, 0.1) is 11.5 Å². The summed E-state index contributed by atoms with van der Waals surface area (Å²) in [5.74, 6) is 0. The van der Waals surface area contributed by atoms with Crippen molar-refractivity contribution in [3.8, 4) is 0 Å². The number of nitro benzene ring substituents is 1. The molecule has 0 aliphatic carbocycles. The van der Waals surface area contributed by atoms with Crippen LogP contribution < -0.4 is 5.32 Å². The molecule has 0 heterocycles. The van der Waals surface area contributed by atoms with Gasteiger partial charge in [-0.05, 0) is 18.7 Å². The predicted molar refractivity (Wildman–Crippen MR) is 80.6 cm³/mol. The third-order valence-electron chi connectivity index (χ3n) is 2.96. The molecule has 0 radical (unpaired) electrons. The molecule has 1 aromatic carbocycles. The van der Waals surface area contributed by atoms with E-state index in [2.05, 4.69) is 17.1 Å². The maximum absolute atomic E-state index is 10.8. The van der Waals surface area contributed by atoms with Gasteiger partial charge in [-0.2, -0.15) is 0 Å². The lowest BCUT2D eigenvalue weighted by Gasteiger charge is -2.20. The summed E-state index contributed by atoms with van der Waals surface area (Å²) < 4.78 is 5.04. The SMILES string of the molecule is CCN(CCNc1ccc(Cl)c([N+](=O)[O-])c1)CCOC. The number of ether oxygens (including phenoxy) is 1. The highest BCUT2D eigenvalue weighted by atomic mass is 35.5. The Bertz CT molecular complexity index is 443. The minimum absolute atomic E-state index is 0.0802. The zero-order valence-corrected chi connectivity index (χ0v) is 12.5. The number of methoxy groups -OCH3 is 1. The van der Waals surface area contributed by atoms with Crippen LogP contribution in [0.5, 0.6) is 0 Å². The minimum atomic E-state index is -0.482. The van der Waals surface area contributed by atoms with Crippen molar-refractivity contribution >= 4 is 23.0 Å². The molecule has 0 atom stereocenters. The molecule has 20 heavy (non-hydrogen) atoms.